The van der Waals surface area contributed by atoms with Gasteiger partial charge in [0.1, 0.15) is 0 Å². The molecule has 0 saturated carbocycles. The van der Waals surface area contributed by atoms with E-state index in [-0.39, 0.29) is 12.0 Å². The number of methoxy groups -OCH3 is 1. The summed E-state index contributed by atoms with van der Waals surface area (Å²) in [5.41, 5.74) is 0.766. The van der Waals surface area contributed by atoms with Gasteiger partial charge in [-0.1, -0.05) is 30.3 Å². The van der Waals surface area contributed by atoms with Gasteiger partial charge < -0.3 is 14.4 Å². The number of hydrogen-bond acceptors (Lipinski definition) is 3. The van der Waals surface area contributed by atoms with Crippen LogP contribution in [0.25, 0.3) is 10.8 Å². The number of carbonyl (C=O) groups excluding carboxylic acids is 1. The molecule has 126 valence electrons. The fraction of sp³-hybridized carbons (Fsp3) is 0.450. The van der Waals surface area contributed by atoms with Crippen LogP contribution in [0.4, 0.5) is 0 Å². The number of amides is 1. The first-order valence-corrected chi connectivity index (χ1v) is 8.65. The number of nitrogens with zero attached hydrogens (tertiary/aromatic N) is 1. The summed E-state index contributed by atoms with van der Waals surface area (Å²) in [7, 11) is 1.73. The van der Waals surface area contributed by atoms with Crippen molar-refractivity contribution in [3.8, 4) is 0 Å². The molecule has 2 aromatic carbocycles. The smallest absolute Gasteiger partial charge is 0.253 e. The Morgan fingerprint density at radius 3 is 2.88 bits per heavy atom. The number of rotatable bonds is 4. The quantitative estimate of drug-likeness (QED) is 0.867. The van der Waals surface area contributed by atoms with Crippen molar-refractivity contribution in [2.75, 3.05) is 33.4 Å². The Balaban J connectivity index is 1.49. The largest absolute Gasteiger partial charge is 0.385 e. The molecule has 2 saturated heterocycles. The highest BCUT2D eigenvalue weighted by atomic mass is 16.5. The maximum Gasteiger partial charge on any atom is 0.253 e. The summed E-state index contributed by atoms with van der Waals surface area (Å²) in [6.07, 6.45) is 1.20. The van der Waals surface area contributed by atoms with Crippen molar-refractivity contribution in [3.63, 3.8) is 0 Å². The standard InChI is InChI=1S/C20H23NO3/c1-23-9-8-17-13-24-19-12-21(11-18(17)19)20(22)16-7-6-14-4-2-3-5-15(14)10-16/h2-7,10,17-19H,8-9,11-13H2,1H3/t17-,18-,19-/m0/s1. The lowest BCUT2D eigenvalue weighted by Crippen LogP contribution is -2.31. The molecule has 2 aliphatic rings. The highest BCUT2D eigenvalue weighted by Crippen LogP contribution is 2.36. The number of fused-ring (bicyclic) bond motifs is 2. The zero-order valence-electron chi connectivity index (χ0n) is 14.0. The van der Waals surface area contributed by atoms with Crippen LogP contribution in [-0.2, 0) is 9.47 Å². The molecule has 4 heteroatoms. The third-order valence-electron chi connectivity index (χ3n) is 5.42. The van der Waals surface area contributed by atoms with Crippen LogP contribution in [0, 0.1) is 11.8 Å². The second kappa shape index (κ2) is 6.54. The molecular weight excluding hydrogens is 302 g/mol. The molecule has 0 aromatic heterocycles. The third kappa shape index (κ3) is 2.80. The van der Waals surface area contributed by atoms with Crippen molar-refractivity contribution in [3.05, 3.63) is 48.0 Å². The Bertz CT molecular complexity index is 744. The fourth-order valence-electron chi connectivity index (χ4n) is 4.04. The Morgan fingerprint density at radius 1 is 1.21 bits per heavy atom. The second-order valence-electron chi connectivity index (χ2n) is 6.85. The van der Waals surface area contributed by atoms with Gasteiger partial charge in [-0.15, -0.1) is 0 Å². The predicted octanol–water partition coefficient (Wildman–Crippen LogP) is 2.96. The minimum absolute atomic E-state index is 0.115. The van der Waals surface area contributed by atoms with E-state index < -0.39 is 0 Å². The van der Waals surface area contributed by atoms with Gasteiger partial charge in [0.2, 0.25) is 0 Å². The molecule has 24 heavy (non-hydrogen) atoms. The average molecular weight is 325 g/mol. The van der Waals surface area contributed by atoms with E-state index in [0.717, 1.165) is 42.5 Å². The van der Waals surface area contributed by atoms with Crippen LogP contribution in [0.15, 0.2) is 42.5 Å². The van der Waals surface area contributed by atoms with Gasteiger partial charge in [0.25, 0.3) is 5.91 Å². The monoisotopic (exact) mass is 325 g/mol. The first-order chi connectivity index (χ1) is 11.8. The number of likely N-dealkylation sites (tertiary alicyclic amines) is 1. The summed E-state index contributed by atoms with van der Waals surface area (Å²) in [5.74, 6) is 1.07. The number of benzene rings is 2. The van der Waals surface area contributed by atoms with Crippen molar-refractivity contribution in [2.24, 2.45) is 11.8 Å². The summed E-state index contributed by atoms with van der Waals surface area (Å²) < 4.78 is 11.1. The predicted molar refractivity (Wildman–Crippen MR) is 93.1 cm³/mol. The molecule has 4 rings (SSSR count). The summed E-state index contributed by atoms with van der Waals surface area (Å²) in [5, 5.41) is 2.27. The van der Waals surface area contributed by atoms with Gasteiger partial charge in [-0.25, -0.2) is 0 Å². The number of hydrogen-bond donors (Lipinski definition) is 0. The number of carbonyl (C=O) groups is 1. The molecule has 0 N–H and O–H groups in total. The van der Waals surface area contributed by atoms with Crippen molar-refractivity contribution in [1.82, 2.24) is 4.90 Å². The number of ether oxygens (including phenoxy) is 2. The Hall–Kier alpha value is -1.91. The Kier molecular flexibility index (Phi) is 4.25. The summed E-state index contributed by atoms with van der Waals surface area (Å²) in [6.45, 7) is 3.07. The van der Waals surface area contributed by atoms with E-state index in [0.29, 0.717) is 18.4 Å². The van der Waals surface area contributed by atoms with Gasteiger partial charge in [0.05, 0.1) is 12.7 Å². The van der Waals surface area contributed by atoms with E-state index in [1.165, 1.54) is 0 Å². The molecule has 2 fully saturated rings. The summed E-state index contributed by atoms with van der Waals surface area (Å²) >= 11 is 0. The second-order valence-corrected chi connectivity index (χ2v) is 6.85. The van der Waals surface area contributed by atoms with Crippen molar-refractivity contribution < 1.29 is 14.3 Å². The van der Waals surface area contributed by atoms with E-state index in [1.807, 2.05) is 35.2 Å². The van der Waals surface area contributed by atoms with Gasteiger partial charge in [0, 0.05) is 38.3 Å². The van der Waals surface area contributed by atoms with Gasteiger partial charge in [-0.3, -0.25) is 4.79 Å². The molecule has 0 aliphatic carbocycles. The maximum atomic E-state index is 12.9. The van der Waals surface area contributed by atoms with E-state index in [1.54, 1.807) is 7.11 Å². The normalized spacial score (nSPS) is 26.0. The molecule has 2 heterocycles. The molecule has 4 nitrogen and oxygen atoms in total. The van der Waals surface area contributed by atoms with Crippen molar-refractivity contribution >= 4 is 16.7 Å². The van der Waals surface area contributed by atoms with Crippen LogP contribution in [0.5, 0.6) is 0 Å². The molecule has 2 aliphatic heterocycles. The van der Waals surface area contributed by atoms with Crippen molar-refractivity contribution in [1.29, 1.82) is 0 Å². The van der Waals surface area contributed by atoms with Crippen LogP contribution in [0.3, 0.4) is 0 Å². The van der Waals surface area contributed by atoms with Crippen LogP contribution in [0.2, 0.25) is 0 Å². The van der Waals surface area contributed by atoms with Crippen LogP contribution in [-0.4, -0.2) is 50.3 Å². The molecule has 0 bridgehead atoms. The van der Waals surface area contributed by atoms with Gasteiger partial charge >= 0.3 is 0 Å². The van der Waals surface area contributed by atoms with Crippen LogP contribution >= 0.6 is 0 Å². The maximum absolute atomic E-state index is 12.9. The molecule has 3 atom stereocenters. The molecule has 0 unspecified atom stereocenters. The highest BCUT2D eigenvalue weighted by Gasteiger charge is 2.44. The van der Waals surface area contributed by atoms with E-state index in [9.17, 15) is 4.79 Å². The van der Waals surface area contributed by atoms with E-state index in [4.69, 9.17) is 9.47 Å². The fourth-order valence-corrected chi connectivity index (χ4v) is 4.04. The highest BCUT2D eigenvalue weighted by molar-refractivity contribution is 5.98. The van der Waals surface area contributed by atoms with Crippen molar-refractivity contribution in [2.45, 2.75) is 12.5 Å². The van der Waals surface area contributed by atoms with E-state index >= 15 is 0 Å². The lowest BCUT2D eigenvalue weighted by atomic mass is 9.91. The zero-order chi connectivity index (χ0) is 16.5. The summed E-state index contributed by atoms with van der Waals surface area (Å²) in [4.78, 5) is 14.8. The first-order valence-electron chi connectivity index (χ1n) is 8.65. The average Bonchev–Trinajstić information content (AvgIpc) is 3.20. The van der Waals surface area contributed by atoms with Gasteiger partial charge in [-0.05, 0) is 35.2 Å². The molecular formula is C20H23NO3. The lowest BCUT2D eigenvalue weighted by molar-refractivity contribution is 0.0666. The topological polar surface area (TPSA) is 38.8 Å². The molecule has 2 aromatic rings. The minimum atomic E-state index is 0.115. The lowest BCUT2D eigenvalue weighted by Gasteiger charge is -2.20. The van der Waals surface area contributed by atoms with Crippen LogP contribution < -0.4 is 0 Å². The minimum Gasteiger partial charge on any atom is -0.385 e. The molecule has 0 spiro atoms. The molecule has 1 amide bonds. The Labute approximate surface area is 142 Å². The third-order valence-corrected chi connectivity index (χ3v) is 5.42. The van der Waals surface area contributed by atoms with Crippen LogP contribution in [0.1, 0.15) is 16.8 Å². The van der Waals surface area contributed by atoms with Gasteiger partial charge in [0.15, 0.2) is 0 Å². The van der Waals surface area contributed by atoms with E-state index in [2.05, 4.69) is 12.1 Å². The summed E-state index contributed by atoms with van der Waals surface area (Å²) in [6, 6.07) is 14.1. The molecule has 0 radical (unpaired) electrons. The van der Waals surface area contributed by atoms with Gasteiger partial charge in [-0.2, -0.15) is 0 Å². The zero-order valence-corrected chi connectivity index (χ0v) is 14.0. The Morgan fingerprint density at radius 2 is 2.04 bits per heavy atom. The SMILES string of the molecule is COCC[C@H]1CO[C@H]2CN(C(=O)c3ccc4ccccc4c3)C[C@@H]12. The first kappa shape index (κ1) is 15.6.